The van der Waals surface area contributed by atoms with Crippen molar-refractivity contribution in [2.45, 2.75) is 21.7 Å². The van der Waals surface area contributed by atoms with Gasteiger partial charge in [0.1, 0.15) is 0 Å². The van der Waals surface area contributed by atoms with E-state index in [0.29, 0.717) is 23.0 Å². The molecule has 0 aliphatic heterocycles. The summed E-state index contributed by atoms with van der Waals surface area (Å²) < 4.78 is 26.2. The quantitative estimate of drug-likeness (QED) is 0.356. The summed E-state index contributed by atoms with van der Waals surface area (Å²) in [6.45, 7) is 2.29. The second-order valence-electron chi connectivity index (χ2n) is 6.68. The molecule has 0 radical (unpaired) electrons. The van der Waals surface area contributed by atoms with Crippen LogP contribution in [0.1, 0.15) is 5.56 Å². The number of halogens is 1. The lowest BCUT2D eigenvalue weighted by Crippen LogP contribution is -2.31. The van der Waals surface area contributed by atoms with E-state index in [-0.39, 0.29) is 22.2 Å². The zero-order valence-electron chi connectivity index (χ0n) is 16.8. The molecule has 0 aliphatic carbocycles. The summed E-state index contributed by atoms with van der Waals surface area (Å²) in [6.07, 6.45) is 1.72. The van der Waals surface area contributed by atoms with Crippen molar-refractivity contribution in [2.24, 2.45) is 0 Å². The third kappa shape index (κ3) is 6.46. The molecule has 0 spiro atoms. The van der Waals surface area contributed by atoms with E-state index in [9.17, 15) is 13.2 Å². The lowest BCUT2D eigenvalue weighted by Gasteiger charge is -2.13. The first-order valence-electron chi connectivity index (χ1n) is 9.52. The number of hydrogen-bond donors (Lipinski definition) is 2. The van der Waals surface area contributed by atoms with Crippen LogP contribution in [0.25, 0.3) is 0 Å². The van der Waals surface area contributed by atoms with Crippen molar-refractivity contribution in [3.8, 4) is 0 Å². The minimum atomic E-state index is -3.80. The van der Waals surface area contributed by atoms with Crippen molar-refractivity contribution in [2.75, 3.05) is 24.2 Å². The first kappa shape index (κ1) is 23.1. The average Bonchev–Trinajstić information content (AvgIpc) is 2.77. The fourth-order valence-electron chi connectivity index (χ4n) is 2.73. The van der Waals surface area contributed by atoms with E-state index in [4.69, 9.17) is 11.6 Å². The van der Waals surface area contributed by atoms with Gasteiger partial charge in [0.25, 0.3) is 0 Å². The molecule has 0 fully saturated rings. The fraction of sp³-hybridized carbons (Fsp3) is 0.182. The first-order valence-corrected chi connectivity index (χ1v) is 12.4. The van der Waals surface area contributed by atoms with Gasteiger partial charge >= 0.3 is 0 Å². The summed E-state index contributed by atoms with van der Waals surface area (Å²) in [6, 6.07) is 16.8. The van der Waals surface area contributed by atoms with E-state index in [2.05, 4.69) is 15.6 Å². The highest BCUT2D eigenvalue weighted by Gasteiger charge is 2.22. The maximum absolute atomic E-state index is 13.1. The molecule has 31 heavy (non-hydrogen) atoms. The van der Waals surface area contributed by atoms with Crippen molar-refractivity contribution in [3.05, 3.63) is 77.4 Å². The van der Waals surface area contributed by atoms with Crippen LogP contribution in [0.15, 0.2) is 81.7 Å². The number of amides is 1. The molecule has 0 unspecified atom stereocenters. The smallest absolute Gasteiger partial charge is 0.239 e. The Hall–Kier alpha value is -2.55. The van der Waals surface area contributed by atoms with Crippen LogP contribution < -0.4 is 10.6 Å². The Labute approximate surface area is 191 Å². The highest BCUT2D eigenvalue weighted by Crippen LogP contribution is 2.30. The second-order valence-corrected chi connectivity index (χ2v) is 10.1. The van der Waals surface area contributed by atoms with Crippen LogP contribution in [0.4, 0.5) is 5.69 Å². The average molecular weight is 476 g/mol. The predicted molar refractivity (Wildman–Crippen MR) is 125 cm³/mol. The topological polar surface area (TPSA) is 88.2 Å². The maximum Gasteiger partial charge on any atom is 0.239 e. The van der Waals surface area contributed by atoms with E-state index >= 15 is 0 Å². The highest BCUT2D eigenvalue weighted by atomic mass is 35.5. The number of carbonyl (C=O) groups is 1. The molecule has 1 aromatic heterocycles. The number of benzene rings is 2. The van der Waals surface area contributed by atoms with Crippen LogP contribution >= 0.6 is 23.4 Å². The predicted octanol–water partition coefficient (Wildman–Crippen LogP) is 4.20. The largest absolute Gasteiger partial charge is 0.375 e. The summed E-state index contributed by atoms with van der Waals surface area (Å²) in [4.78, 5) is 16.6. The Morgan fingerprint density at radius 1 is 1.10 bits per heavy atom. The lowest BCUT2D eigenvalue weighted by molar-refractivity contribution is -0.119. The third-order valence-corrected chi connectivity index (χ3v) is 7.31. The molecular weight excluding hydrogens is 454 g/mol. The Morgan fingerprint density at radius 2 is 1.87 bits per heavy atom. The number of carbonyl (C=O) groups excluding carboxylic acids is 1. The van der Waals surface area contributed by atoms with Crippen LogP contribution in [0.3, 0.4) is 0 Å². The second kappa shape index (κ2) is 10.7. The highest BCUT2D eigenvalue weighted by molar-refractivity contribution is 7.99. The Bertz CT molecular complexity index is 1140. The van der Waals surface area contributed by atoms with Gasteiger partial charge in [0.2, 0.25) is 15.7 Å². The fourth-order valence-corrected chi connectivity index (χ4v) is 5.15. The zero-order chi connectivity index (χ0) is 22.3. The Morgan fingerprint density at radius 3 is 2.58 bits per heavy atom. The van der Waals surface area contributed by atoms with Gasteiger partial charge < -0.3 is 10.6 Å². The van der Waals surface area contributed by atoms with Crippen molar-refractivity contribution < 1.29 is 13.2 Å². The van der Waals surface area contributed by atoms with Crippen molar-refractivity contribution in [1.82, 2.24) is 10.3 Å². The van der Waals surface area contributed by atoms with Crippen LogP contribution in [-0.4, -0.2) is 38.2 Å². The molecule has 1 amide bonds. The van der Waals surface area contributed by atoms with Crippen molar-refractivity contribution in [3.63, 3.8) is 0 Å². The summed E-state index contributed by atoms with van der Waals surface area (Å²) in [5.74, 6) is 0.437. The monoisotopic (exact) mass is 475 g/mol. The van der Waals surface area contributed by atoms with Gasteiger partial charge in [-0.15, -0.1) is 11.8 Å². The van der Waals surface area contributed by atoms with Gasteiger partial charge in [-0.3, -0.25) is 4.79 Å². The molecule has 0 saturated carbocycles. The molecule has 1 heterocycles. The molecule has 3 aromatic rings. The molecule has 0 bridgehead atoms. The summed E-state index contributed by atoms with van der Waals surface area (Å²) >= 11 is 7.60. The number of rotatable bonds is 9. The van der Waals surface area contributed by atoms with E-state index in [1.54, 1.807) is 54.4 Å². The molecule has 0 atom stereocenters. The normalized spacial score (nSPS) is 11.2. The molecule has 2 N–H and O–H groups in total. The Kier molecular flexibility index (Phi) is 7.95. The molecule has 3 rings (SSSR count). The number of nitrogens with zero attached hydrogens (tertiary/aromatic N) is 1. The van der Waals surface area contributed by atoms with Crippen LogP contribution in [0, 0.1) is 6.92 Å². The van der Waals surface area contributed by atoms with E-state index in [1.165, 1.54) is 6.07 Å². The molecule has 2 aromatic carbocycles. The number of nitrogens with one attached hydrogen (secondary N) is 2. The maximum atomic E-state index is 13.1. The van der Waals surface area contributed by atoms with Gasteiger partial charge in [-0.2, -0.15) is 0 Å². The number of thioether (sulfide) groups is 1. The molecule has 9 heteroatoms. The van der Waals surface area contributed by atoms with E-state index in [0.717, 1.165) is 10.6 Å². The van der Waals surface area contributed by atoms with Crippen molar-refractivity contribution in [1.29, 1.82) is 0 Å². The molecule has 162 valence electrons. The van der Waals surface area contributed by atoms with Crippen LogP contribution in [0.2, 0.25) is 5.02 Å². The standard InChI is InChI=1S/C22H22ClN3O3S2/c1-16-5-8-18(9-6-16)31(28,29)20-14-17(23)7-10-19(20)26-15-21(27)24-12-13-30-22-4-2-3-11-25-22/h2-11,14,26H,12-13,15H2,1H3,(H,24,27). The van der Waals surface area contributed by atoms with Crippen LogP contribution in [0.5, 0.6) is 0 Å². The van der Waals surface area contributed by atoms with Crippen LogP contribution in [-0.2, 0) is 14.6 Å². The van der Waals surface area contributed by atoms with Crippen molar-refractivity contribution >= 4 is 44.8 Å². The first-order chi connectivity index (χ1) is 14.9. The number of anilines is 1. The van der Waals surface area contributed by atoms with Gasteiger partial charge in [0.05, 0.1) is 27.0 Å². The minimum Gasteiger partial charge on any atom is -0.375 e. The number of pyridine rings is 1. The third-order valence-electron chi connectivity index (χ3n) is 4.32. The molecule has 0 aliphatic rings. The minimum absolute atomic E-state index is 0.0300. The number of sulfone groups is 1. The Balaban J connectivity index is 1.61. The van der Waals surface area contributed by atoms with E-state index < -0.39 is 9.84 Å². The van der Waals surface area contributed by atoms with Gasteiger partial charge in [-0.05, 0) is 49.4 Å². The molecular formula is C22H22ClN3O3S2. The number of hydrogen-bond acceptors (Lipinski definition) is 6. The number of aromatic nitrogens is 1. The zero-order valence-corrected chi connectivity index (χ0v) is 19.2. The van der Waals surface area contributed by atoms with Gasteiger partial charge in [0, 0.05) is 23.5 Å². The molecule has 6 nitrogen and oxygen atoms in total. The summed E-state index contributed by atoms with van der Waals surface area (Å²) in [5, 5.41) is 6.91. The van der Waals surface area contributed by atoms with Gasteiger partial charge in [-0.1, -0.05) is 35.4 Å². The number of aryl methyl sites for hydroxylation is 1. The van der Waals surface area contributed by atoms with Gasteiger partial charge in [-0.25, -0.2) is 13.4 Å². The SMILES string of the molecule is Cc1ccc(S(=O)(=O)c2cc(Cl)ccc2NCC(=O)NCCSc2ccccn2)cc1. The lowest BCUT2D eigenvalue weighted by atomic mass is 10.2. The summed E-state index contributed by atoms with van der Waals surface area (Å²) in [7, 11) is -3.80. The molecule has 0 saturated heterocycles. The van der Waals surface area contributed by atoms with Gasteiger partial charge in [0.15, 0.2) is 0 Å². The summed E-state index contributed by atoms with van der Waals surface area (Å²) in [5.41, 5.74) is 1.28. The van der Waals surface area contributed by atoms with E-state index in [1.807, 2.05) is 25.1 Å².